The highest BCUT2D eigenvalue weighted by atomic mass is 32.1. The number of aromatic nitrogens is 1. The van der Waals surface area contributed by atoms with Crippen molar-refractivity contribution in [2.45, 2.75) is 19.0 Å². The second-order valence-electron chi connectivity index (χ2n) is 11.1. The summed E-state index contributed by atoms with van der Waals surface area (Å²) in [5.41, 5.74) is 9.55. The van der Waals surface area contributed by atoms with E-state index in [1.807, 2.05) is 11.3 Å². The van der Waals surface area contributed by atoms with Crippen LogP contribution in [-0.2, 0) is 0 Å². The highest BCUT2D eigenvalue weighted by Crippen LogP contribution is 2.43. The van der Waals surface area contributed by atoms with E-state index < -0.39 is 0 Å². The molecule has 2 aromatic heterocycles. The van der Waals surface area contributed by atoms with Gasteiger partial charge in [-0.1, -0.05) is 103 Å². The number of para-hydroxylation sites is 1. The molecule has 5 aromatic carbocycles. The molecule has 4 heteroatoms. The summed E-state index contributed by atoms with van der Waals surface area (Å²) in [5, 5.41) is 9.01. The predicted molar refractivity (Wildman–Crippen MR) is 178 cm³/mol. The molecule has 42 heavy (non-hydrogen) atoms. The fourth-order valence-electron chi connectivity index (χ4n) is 6.75. The summed E-state index contributed by atoms with van der Waals surface area (Å²) in [6.07, 6.45) is 6.40. The molecule has 2 aliphatic rings. The minimum Gasteiger partial charge on any atom is -0.363 e. The lowest BCUT2D eigenvalue weighted by molar-refractivity contribution is 0.590. The first-order chi connectivity index (χ1) is 20.8. The Morgan fingerprint density at radius 3 is 2.48 bits per heavy atom. The van der Waals surface area contributed by atoms with E-state index in [4.69, 9.17) is 4.99 Å². The lowest BCUT2D eigenvalue weighted by atomic mass is 9.92. The first kappa shape index (κ1) is 23.7. The van der Waals surface area contributed by atoms with Gasteiger partial charge in [0.15, 0.2) is 0 Å². The van der Waals surface area contributed by atoms with Crippen LogP contribution < -0.4 is 5.32 Å². The van der Waals surface area contributed by atoms with Crippen molar-refractivity contribution in [3.8, 4) is 5.69 Å². The standard InChI is InChI=1S/C38H27N3S/c1-2-11-24(12-3-1)35-31-17-4-7-18-32(31)39-38(40-35)25-13-10-14-26(23-25)41-33-19-8-5-15-27(33)29-21-22-30-28-16-6-9-20-34(28)42-37(30)36(29)41/h1-6,8-17,19-23,38-39H,7,18H2. The van der Waals surface area contributed by atoms with Crippen LogP contribution in [-0.4, -0.2) is 10.3 Å². The largest absolute Gasteiger partial charge is 0.363 e. The highest BCUT2D eigenvalue weighted by molar-refractivity contribution is 7.26. The molecule has 7 aromatic rings. The molecule has 0 saturated heterocycles. The Morgan fingerprint density at radius 2 is 1.55 bits per heavy atom. The average molecular weight is 558 g/mol. The molecule has 0 radical (unpaired) electrons. The van der Waals surface area contributed by atoms with E-state index in [-0.39, 0.29) is 6.17 Å². The first-order valence-corrected chi connectivity index (χ1v) is 15.4. The van der Waals surface area contributed by atoms with E-state index in [9.17, 15) is 0 Å². The maximum Gasteiger partial charge on any atom is 0.145 e. The van der Waals surface area contributed by atoms with Gasteiger partial charge in [0.2, 0.25) is 0 Å². The molecule has 3 heterocycles. The van der Waals surface area contributed by atoms with Crippen molar-refractivity contribution in [1.29, 1.82) is 0 Å². The van der Waals surface area contributed by atoms with Gasteiger partial charge < -0.3 is 9.88 Å². The Balaban J connectivity index is 1.26. The normalized spacial score (nSPS) is 16.8. The van der Waals surface area contributed by atoms with Crippen molar-refractivity contribution in [1.82, 2.24) is 9.88 Å². The Morgan fingerprint density at radius 1 is 0.738 bits per heavy atom. The van der Waals surface area contributed by atoms with Crippen LogP contribution in [0.2, 0.25) is 0 Å². The third-order valence-corrected chi connectivity index (χ3v) is 9.86. The Bertz CT molecular complexity index is 2280. The van der Waals surface area contributed by atoms with Crippen molar-refractivity contribution in [3.05, 3.63) is 150 Å². The zero-order valence-electron chi connectivity index (χ0n) is 22.9. The zero-order valence-corrected chi connectivity index (χ0v) is 23.7. The van der Waals surface area contributed by atoms with E-state index in [1.54, 1.807) is 0 Å². The van der Waals surface area contributed by atoms with Crippen molar-refractivity contribution in [3.63, 3.8) is 0 Å². The molecule has 200 valence electrons. The number of nitrogens with one attached hydrogen (secondary N) is 1. The minimum absolute atomic E-state index is 0.150. The maximum absolute atomic E-state index is 5.32. The van der Waals surface area contributed by atoms with Crippen LogP contribution in [0.1, 0.15) is 30.1 Å². The zero-order chi connectivity index (χ0) is 27.6. The molecule has 0 fully saturated rings. The maximum atomic E-state index is 5.32. The summed E-state index contributed by atoms with van der Waals surface area (Å²) < 4.78 is 5.12. The molecule has 9 rings (SSSR count). The number of thiophene rings is 1. The lowest BCUT2D eigenvalue weighted by Crippen LogP contribution is -2.29. The van der Waals surface area contributed by atoms with Gasteiger partial charge in [-0.05, 0) is 42.7 Å². The van der Waals surface area contributed by atoms with Gasteiger partial charge in [-0.3, -0.25) is 4.99 Å². The lowest BCUT2D eigenvalue weighted by Gasteiger charge is -2.29. The van der Waals surface area contributed by atoms with Gasteiger partial charge in [0.05, 0.1) is 21.4 Å². The molecule has 1 N–H and O–H groups in total. The van der Waals surface area contributed by atoms with Crippen LogP contribution in [0.15, 0.2) is 144 Å². The number of aliphatic imine (C=N–C) groups is 1. The fraction of sp³-hybridized carbons (Fsp3) is 0.0789. The van der Waals surface area contributed by atoms with Gasteiger partial charge in [0, 0.05) is 48.8 Å². The summed E-state index contributed by atoms with van der Waals surface area (Å²) in [6.45, 7) is 0. The molecule has 1 atom stereocenters. The topological polar surface area (TPSA) is 29.3 Å². The molecule has 3 nitrogen and oxygen atoms in total. The van der Waals surface area contributed by atoms with E-state index in [0.29, 0.717) is 0 Å². The van der Waals surface area contributed by atoms with Gasteiger partial charge >= 0.3 is 0 Å². The number of hydrogen-bond donors (Lipinski definition) is 1. The van der Waals surface area contributed by atoms with E-state index in [2.05, 4.69) is 137 Å². The summed E-state index contributed by atoms with van der Waals surface area (Å²) in [4.78, 5) is 5.32. The predicted octanol–water partition coefficient (Wildman–Crippen LogP) is 9.85. The van der Waals surface area contributed by atoms with Crippen LogP contribution >= 0.6 is 11.3 Å². The molecule has 0 spiro atoms. The summed E-state index contributed by atoms with van der Waals surface area (Å²) in [5.74, 6) is 0. The highest BCUT2D eigenvalue weighted by Gasteiger charge is 2.25. The minimum atomic E-state index is -0.150. The van der Waals surface area contributed by atoms with E-state index in [1.165, 1.54) is 53.2 Å². The number of rotatable bonds is 3. The van der Waals surface area contributed by atoms with Gasteiger partial charge in [0.1, 0.15) is 6.17 Å². The van der Waals surface area contributed by atoms with E-state index >= 15 is 0 Å². The first-order valence-electron chi connectivity index (χ1n) is 14.6. The molecule has 0 amide bonds. The van der Waals surface area contributed by atoms with Crippen molar-refractivity contribution >= 4 is 59.0 Å². The smallest absolute Gasteiger partial charge is 0.145 e. The van der Waals surface area contributed by atoms with Crippen LogP contribution in [0.5, 0.6) is 0 Å². The quantitative estimate of drug-likeness (QED) is 0.230. The number of fused-ring (bicyclic) bond motifs is 7. The fourth-order valence-corrected chi connectivity index (χ4v) is 7.99. The second kappa shape index (κ2) is 9.30. The van der Waals surface area contributed by atoms with Gasteiger partial charge in [0.25, 0.3) is 0 Å². The van der Waals surface area contributed by atoms with Gasteiger partial charge in [-0.15, -0.1) is 11.3 Å². The average Bonchev–Trinajstić information content (AvgIpc) is 3.61. The Kier molecular flexibility index (Phi) is 5.26. The van der Waals surface area contributed by atoms with Crippen LogP contribution in [0.3, 0.4) is 0 Å². The van der Waals surface area contributed by atoms with Gasteiger partial charge in [-0.2, -0.15) is 0 Å². The molecule has 1 aliphatic heterocycles. The summed E-state index contributed by atoms with van der Waals surface area (Å²) in [6, 6.07) is 41.7. The van der Waals surface area contributed by atoms with Crippen molar-refractivity contribution in [2.75, 3.05) is 0 Å². The van der Waals surface area contributed by atoms with Crippen molar-refractivity contribution < 1.29 is 0 Å². The number of hydrogen-bond acceptors (Lipinski definition) is 3. The number of benzene rings is 5. The van der Waals surface area contributed by atoms with Crippen LogP contribution in [0.4, 0.5) is 0 Å². The number of nitrogens with zero attached hydrogens (tertiary/aromatic N) is 2. The second-order valence-corrected chi connectivity index (χ2v) is 12.2. The third-order valence-electron chi connectivity index (χ3n) is 8.67. The molecule has 1 aliphatic carbocycles. The summed E-state index contributed by atoms with van der Waals surface area (Å²) in [7, 11) is 0. The molecule has 0 saturated carbocycles. The van der Waals surface area contributed by atoms with Crippen LogP contribution in [0.25, 0.3) is 47.7 Å². The Hall–Kier alpha value is -4.93. The number of allylic oxidation sites excluding steroid dienone is 4. The third kappa shape index (κ3) is 3.55. The molecular weight excluding hydrogens is 531 g/mol. The molecule has 0 bridgehead atoms. The SMILES string of the molecule is C1=CC2=C(CC1)NC(c1cccc(-n3c4ccccc4c4ccc5c6ccccc6sc5c43)c1)N=C2c1ccccc1. The monoisotopic (exact) mass is 557 g/mol. The molecular formula is C38H27N3S. The van der Waals surface area contributed by atoms with Crippen molar-refractivity contribution in [2.24, 2.45) is 4.99 Å². The van der Waals surface area contributed by atoms with Gasteiger partial charge in [-0.25, -0.2) is 0 Å². The van der Waals surface area contributed by atoms with Crippen LogP contribution in [0, 0.1) is 0 Å². The van der Waals surface area contributed by atoms with E-state index in [0.717, 1.165) is 35.4 Å². The summed E-state index contributed by atoms with van der Waals surface area (Å²) >= 11 is 1.89. The Labute approximate surface area is 247 Å². The molecule has 1 unspecified atom stereocenters.